The van der Waals surface area contributed by atoms with E-state index in [2.05, 4.69) is 15.7 Å². The number of hydrazine groups is 1. The van der Waals surface area contributed by atoms with Crippen LogP contribution < -0.4 is 16.6 Å². The molecule has 0 bridgehead atoms. The van der Waals surface area contributed by atoms with Gasteiger partial charge in [0.05, 0.1) is 22.8 Å². The molecule has 1 aliphatic heterocycles. The Morgan fingerprint density at radius 3 is 2.90 bits per heavy atom. The van der Waals surface area contributed by atoms with Crippen LogP contribution in [0.1, 0.15) is 22.5 Å². The van der Waals surface area contributed by atoms with Gasteiger partial charge in [0.1, 0.15) is 0 Å². The monoisotopic (exact) mass is 298 g/mol. The van der Waals surface area contributed by atoms with Gasteiger partial charge in [-0.15, -0.1) is 0 Å². The highest BCUT2D eigenvalue weighted by atomic mass is 32.2. The summed E-state index contributed by atoms with van der Waals surface area (Å²) in [5.74, 6) is 5.39. The summed E-state index contributed by atoms with van der Waals surface area (Å²) in [6, 6.07) is 1.68. The zero-order chi connectivity index (χ0) is 14.8. The molecule has 8 heteroatoms. The standard InChI is InChI=1S/C12H18N4O3S/c1-8-4-11(16-13)10(6-14-8)12(17)15-5-9-2-3-20(18,19)7-9/h4,6,9H,2-3,5,7,13H2,1H3,(H,14,16)(H,15,17). The number of carbonyl (C=O) groups is 1. The first kappa shape index (κ1) is 14.7. The number of aromatic nitrogens is 1. The van der Waals surface area contributed by atoms with Crippen molar-refractivity contribution in [1.29, 1.82) is 0 Å². The molecule has 110 valence electrons. The highest BCUT2D eigenvalue weighted by molar-refractivity contribution is 7.91. The first-order valence-corrected chi connectivity index (χ1v) is 8.15. The second-order valence-corrected chi connectivity index (χ2v) is 7.22. The van der Waals surface area contributed by atoms with Gasteiger partial charge in [0.25, 0.3) is 5.91 Å². The molecule has 0 spiro atoms. The minimum absolute atomic E-state index is 0.0170. The zero-order valence-corrected chi connectivity index (χ0v) is 12.0. The molecule has 1 atom stereocenters. The number of anilines is 1. The van der Waals surface area contributed by atoms with Crippen LogP contribution in [0.3, 0.4) is 0 Å². The summed E-state index contributed by atoms with van der Waals surface area (Å²) in [6.07, 6.45) is 2.04. The van der Waals surface area contributed by atoms with Gasteiger partial charge in [-0.25, -0.2) is 8.42 Å². The van der Waals surface area contributed by atoms with Crippen molar-refractivity contribution in [2.75, 3.05) is 23.5 Å². The molecule has 7 nitrogen and oxygen atoms in total. The van der Waals surface area contributed by atoms with Crippen molar-refractivity contribution in [3.05, 3.63) is 23.5 Å². The Labute approximate surface area is 117 Å². The van der Waals surface area contributed by atoms with Crippen LogP contribution in [0.4, 0.5) is 5.69 Å². The fourth-order valence-electron chi connectivity index (χ4n) is 2.23. The quantitative estimate of drug-likeness (QED) is 0.526. The average Bonchev–Trinajstić information content (AvgIpc) is 2.75. The molecule has 0 aromatic carbocycles. The van der Waals surface area contributed by atoms with Crippen molar-refractivity contribution < 1.29 is 13.2 Å². The number of nitrogens with one attached hydrogen (secondary N) is 2. The average molecular weight is 298 g/mol. The summed E-state index contributed by atoms with van der Waals surface area (Å²) < 4.78 is 22.7. The van der Waals surface area contributed by atoms with Gasteiger partial charge in [0.2, 0.25) is 0 Å². The van der Waals surface area contributed by atoms with Crippen molar-refractivity contribution in [3.8, 4) is 0 Å². The summed E-state index contributed by atoms with van der Waals surface area (Å²) in [5, 5.41) is 2.73. The van der Waals surface area contributed by atoms with Crippen LogP contribution in [-0.4, -0.2) is 37.4 Å². The molecule has 0 aliphatic carbocycles. The summed E-state index contributed by atoms with van der Waals surface area (Å²) in [5.41, 5.74) is 4.05. The smallest absolute Gasteiger partial charge is 0.255 e. The minimum Gasteiger partial charge on any atom is -0.352 e. The van der Waals surface area contributed by atoms with E-state index in [0.717, 1.165) is 5.69 Å². The predicted molar refractivity (Wildman–Crippen MR) is 75.9 cm³/mol. The number of nitrogen functional groups attached to an aromatic ring is 1. The van der Waals surface area contributed by atoms with Crippen LogP contribution in [0, 0.1) is 12.8 Å². The lowest BCUT2D eigenvalue weighted by atomic mass is 10.1. The minimum atomic E-state index is -2.92. The highest BCUT2D eigenvalue weighted by Crippen LogP contribution is 2.18. The van der Waals surface area contributed by atoms with Crippen molar-refractivity contribution in [3.63, 3.8) is 0 Å². The van der Waals surface area contributed by atoms with Gasteiger partial charge in [0.15, 0.2) is 9.84 Å². The maximum Gasteiger partial charge on any atom is 0.255 e. The molecular weight excluding hydrogens is 280 g/mol. The summed E-state index contributed by atoms with van der Waals surface area (Å²) >= 11 is 0. The molecule has 2 rings (SSSR count). The molecule has 1 aromatic rings. The number of rotatable bonds is 4. The molecule has 1 amide bonds. The Hall–Kier alpha value is -1.67. The number of carbonyl (C=O) groups excluding carboxylic acids is 1. The van der Waals surface area contributed by atoms with E-state index in [1.807, 2.05) is 0 Å². The number of sulfone groups is 1. The van der Waals surface area contributed by atoms with E-state index in [4.69, 9.17) is 5.84 Å². The lowest BCUT2D eigenvalue weighted by molar-refractivity contribution is 0.0949. The number of pyridine rings is 1. The maximum atomic E-state index is 12.1. The van der Waals surface area contributed by atoms with Gasteiger partial charge < -0.3 is 10.7 Å². The van der Waals surface area contributed by atoms with Crippen molar-refractivity contribution in [1.82, 2.24) is 10.3 Å². The van der Waals surface area contributed by atoms with Crippen LogP contribution in [0.25, 0.3) is 0 Å². The Morgan fingerprint density at radius 1 is 1.55 bits per heavy atom. The molecule has 1 fully saturated rings. The molecule has 1 saturated heterocycles. The Kier molecular flexibility index (Phi) is 4.24. The van der Waals surface area contributed by atoms with Crippen molar-refractivity contribution >= 4 is 21.4 Å². The second-order valence-electron chi connectivity index (χ2n) is 4.99. The number of nitrogens with two attached hydrogens (primary N) is 1. The van der Waals surface area contributed by atoms with E-state index in [1.54, 1.807) is 13.0 Å². The fourth-order valence-corrected chi connectivity index (χ4v) is 4.09. The molecule has 0 saturated carbocycles. The van der Waals surface area contributed by atoms with Gasteiger partial charge in [0, 0.05) is 18.4 Å². The predicted octanol–water partition coefficient (Wildman–Crippen LogP) is -0.160. The summed E-state index contributed by atoms with van der Waals surface area (Å²) in [6.45, 7) is 2.14. The topological polar surface area (TPSA) is 114 Å². The first-order valence-electron chi connectivity index (χ1n) is 6.33. The number of hydrogen-bond acceptors (Lipinski definition) is 6. The molecular formula is C12H18N4O3S. The van der Waals surface area contributed by atoms with Gasteiger partial charge >= 0.3 is 0 Å². The SMILES string of the molecule is Cc1cc(NN)c(C(=O)NCC2CCS(=O)(=O)C2)cn1. The van der Waals surface area contributed by atoms with Crippen LogP contribution >= 0.6 is 0 Å². The second kappa shape index (κ2) is 5.76. The third-order valence-corrected chi connectivity index (χ3v) is 5.16. The Morgan fingerprint density at radius 2 is 2.30 bits per heavy atom. The van der Waals surface area contributed by atoms with Crippen molar-refractivity contribution in [2.24, 2.45) is 11.8 Å². The van der Waals surface area contributed by atoms with Crippen molar-refractivity contribution in [2.45, 2.75) is 13.3 Å². The lowest BCUT2D eigenvalue weighted by Gasteiger charge is -2.12. The fraction of sp³-hybridized carbons (Fsp3) is 0.500. The van der Waals surface area contributed by atoms with Gasteiger partial charge in [-0.1, -0.05) is 0 Å². The van der Waals surface area contributed by atoms with E-state index in [1.165, 1.54) is 6.20 Å². The number of aryl methyl sites for hydroxylation is 1. The summed E-state index contributed by atoms with van der Waals surface area (Å²) in [7, 11) is -2.92. The molecule has 2 heterocycles. The van der Waals surface area contributed by atoms with Crippen LogP contribution in [0.15, 0.2) is 12.3 Å². The van der Waals surface area contributed by atoms with Gasteiger partial charge in [-0.05, 0) is 25.3 Å². The number of amides is 1. The Bertz CT molecular complexity index is 615. The van der Waals surface area contributed by atoms with Crippen LogP contribution in [0.5, 0.6) is 0 Å². The maximum absolute atomic E-state index is 12.1. The molecule has 4 N–H and O–H groups in total. The van der Waals surface area contributed by atoms with Gasteiger partial charge in [-0.2, -0.15) is 0 Å². The molecule has 0 radical (unpaired) electrons. The summed E-state index contributed by atoms with van der Waals surface area (Å²) in [4.78, 5) is 16.1. The molecule has 20 heavy (non-hydrogen) atoms. The van der Waals surface area contributed by atoms with Gasteiger partial charge in [-0.3, -0.25) is 15.6 Å². The number of nitrogens with zero attached hydrogens (tertiary/aromatic N) is 1. The number of hydrogen-bond donors (Lipinski definition) is 3. The van der Waals surface area contributed by atoms with E-state index in [0.29, 0.717) is 24.2 Å². The third-order valence-electron chi connectivity index (χ3n) is 3.32. The third kappa shape index (κ3) is 3.45. The zero-order valence-electron chi connectivity index (χ0n) is 11.2. The van der Waals surface area contributed by atoms with E-state index in [-0.39, 0.29) is 23.3 Å². The molecule has 1 aliphatic rings. The largest absolute Gasteiger partial charge is 0.352 e. The van der Waals surface area contributed by atoms with E-state index in [9.17, 15) is 13.2 Å². The molecule has 1 unspecified atom stereocenters. The lowest BCUT2D eigenvalue weighted by Crippen LogP contribution is -2.31. The highest BCUT2D eigenvalue weighted by Gasteiger charge is 2.28. The first-order chi connectivity index (χ1) is 9.41. The van der Waals surface area contributed by atoms with Crippen LogP contribution in [0.2, 0.25) is 0 Å². The molecule has 1 aromatic heterocycles. The van der Waals surface area contributed by atoms with Crippen LogP contribution in [-0.2, 0) is 9.84 Å². The Balaban J connectivity index is 1.99. The van der Waals surface area contributed by atoms with E-state index < -0.39 is 9.84 Å². The normalized spacial score (nSPS) is 20.6. The van der Waals surface area contributed by atoms with E-state index >= 15 is 0 Å².